The number of carbonyl (C=O) groups is 2. The number of fused-ring (bicyclic) bond motifs is 1. The van der Waals surface area contributed by atoms with E-state index in [0.717, 1.165) is 5.56 Å². The van der Waals surface area contributed by atoms with Crippen LogP contribution in [0.5, 0.6) is 5.75 Å². The lowest BCUT2D eigenvalue weighted by molar-refractivity contribution is -0.120. The van der Waals surface area contributed by atoms with E-state index in [2.05, 4.69) is 5.32 Å². The van der Waals surface area contributed by atoms with Gasteiger partial charge in [-0.1, -0.05) is 17.7 Å². The predicted octanol–water partition coefficient (Wildman–Crippen LogP) is 2.60. The van der Waals surface area contributed by atoms with Crippen LogP contribution >= 0.6 is 0 Å². The summed E-state index contributed by atoms with van der Waals surface area (Å²) in [4.78, 5) is 25.3. The second-order valence-electron chi connectivity index (χ2n) is 5.25. The fraction of sp³-hybridized carbons (Fsp3) is 0.176. The maximum Gasteiger partial charge on any atom is 0.264 e. The number of nitrogens with one attached hydrogen (secondary N) is 1. The smallest absolute Gasteiger partial charge is 0.264 e. The molecule has 0 saturated carbocycles. The number of aryl methyl sites for hydroxylation is 1. The van der Waals surface area contributed by atoms with Crippen molar-refractivity contribution in [2.45, 2.75) is 6.92 Å². The lowest BCUT2D eigenvalue weighted by Crippen LogP contribution is -2.35. The Kier molecular flexibility index (Phi) is 3.55. The van der Waals surface area contributed by atoms with Gasteiger partial charge >= 0.3 is 0 Å². The SMILES string of the molecule is Cc1cccc(C(=O)Nc2ccc3c(c2)OCC(=O)N3C)c1. The number of amides is 2. The second-order valence-corrected chi connectivity index (χ2v) is 5.25. The average Bonchev–Trinajstić information content (AvgIpc) is 2.51. The van der Waals surface area contributed by atoms with Gasteiger partial charge in [0, 0.05) is 24.4 Å². The van der Waals surface area contributed by atoms with Crippen molar-refractivity contribution in [2.75, 3.05) is 23.9 Å². The Hall–Kier alpha value is -2.82. The van der Waals surface area contributed by atoms with E-state index < -0.39 is 0 Å². The third-order valence-corrected chi connectivity index (χ3v) is 3.58. The number of carbonyl (C=O) groups excluding carboxylic acids is 2. The molecule has 5 nitrogen and oxygen atoms in total. The Morgan fingerprint density at radius 3 is 2.82 bits per heavy atom. The summed E-state index contributed by atoms with van der Waals surface area (Å²) in [7, 11) is 1.70. The molecule has 1 aliphatic rings. The Balaban J connectivity index is 1.82. The monoisotopic (exact) mass is 296 g/mol. The van der Waals surface area contributed by atoms with Crippen LogP contribution in [0.25, 0.3) is 0 Å². The van der Waals surface area contributed by atoms with Crippen LogP contribution in [0.4, 0.5) is 11.4 Å². The number of nitrogens with zero attached hydrogens (tertiary/aromatic N) is 1. The zero-order valence-corrected chi connectivity index (χ0v) is 12.4. The molecule has 0 unspecified atom stereocenters. The molecule has 0 fully saturated rings. The summed E-state index contributed by atoms with van der Waals surface area (Å²) in [6.07, 6.45) is 0. The first kappa shape index (κ1) is 14.1. The molecule has 0 radical (unpaired) electrons. The quantitative estimate of drug-likeness (QED) is 0.926. The van der Waals surface area contributed by atoms with Gasteiger partial charge in [-0.3, -0.25) is 9.59 Å². The molecule has 1 N–H and O–H groups in total. The van der Waals surface area contributed by atoms with Crippen molar-refractivity contribution in [1.82, 2.24) is 0 Å². The van der Waals surface area contributed by atoms with Crippen molar-refractivity contribution in [2.24, 2.45) is 0 Å². The summed E-state index contributed by atoms with van der Waals surface area (Å²) >= 11 is 0. The van der Waals surface area contributed by atoms with E-state index in [-0.39, 0.29) is 18.4 Å². The van der Waals surface area contributed by atoms with E-state index in [1.165, 1.54) is 0 Å². The van der Waals surface area contributed by atoms with E-state index in [9.17, 15) is 9.59 Å². The van der Waals surface area contributed by atoms with Gasteiger partial charge in [0.2, 0.25) is 0 Å². The number of rotatable bonds is 2. The lowest BCUT2D eigenvalue weighted by Gasteiger charge is -2.26. The molecule has 22 heavy (non-hydrogen) atoms. The number of likely N-dealkylation sites (N-methyl/N-ethyl adjacent to an activating group) is 1. The highest BCUT2D eigenvalue weighted by atomic mass is 16.5. The van der Waals surface area contributed by atoms with E-state index in [1.54, 1.807) is 36.2 Å². The van der Waals surface area contributed by atoms with Gasteiger partial charge in [0.25, 0.3) is 11.8 Å². The van der Waals surface area contributed by atoms with Crippen LogP contribution in [0, 0.1) is 6.92 Å². The van der Waals surface area contributed by atoms with E-state index >= 15 is 0 Å². The van der Waals surface area contributed by atoms with Crippen LogP contribution in [0.2, 0.25) is 0 Å². The van der Waals surface area contributed by atoms with Crippen molar-refractivity contribution in [1.29, 1.82) is 0 Å². The number of anilines is 2. The molecule has 1 heterocycles. The summed E-state index contributed by atoms with van der Waals surface area (Å²) in [5.74, 6) is 0.317. The zero-order chi connectivity index (χ0) is 15.7. The molecule has 2 aromatic rings. The highest BCUT2D eigenvalue weighted by Crippen LogP contribution is 2.33. The van der Waals surface area contributed by atoms with E-state index in [1.807, 2.05) is 25.1 Å². The topological polar surface area (TPSA) is 58.6 Å². The van der Waals surface area contributed by atoms with Gasteiger partial charge in [-0.2, -0.15) is 0 Å². The number of benzene rings is 2. The number of ether oxygens (including phenoxy) is 1. The fourth-order valence-corrected chi connectivity index (χ4v) is 2.34. The minimum absolute atomic E-state index is 0.0127. The molecule has 0 aromatic heterocycles. The van der Waals surface area contributed by atoms with Crippen LogP contribution in [0.3, 0.4) is 0 Å². The molecular formula is C17H16N2O3. The molecule has 3 rings (SSSR count). The van der Waals surface area contributed by atoms with Crippen LogP contribution < -0.4 is 15.0 Å². The van der Waals surface area contributed by atoms with Gasteiger partial charge in [0.05, 0.1) is 5.69 Å². The normalized spacial score (nSPS) is 13.4. The minimum atomic E-state index is -0.177. The Bertz CT molecular complexity index is 755. The predicted molar refractivity (Wildman–Crippen MR) is 84.5 cm³/mol. The molecule has 0 saturated heterocycles. The van der Waals surface area contributed by atoms with Gasteiger partial charge in [0.1, 0.15) is 5.75 Å². The minimum Gasteiger partial charge on any atom is -0.481 e. The van der Waals surface area contributed by atoms with Crippen molar-refractivity contribution < 1.29 is 14.3 Å². The Morgan fingerprint density at radius 2 is 2.05 bits per heavy atom. The van der Waals surface area contributed by atoms with Crippen LogP contribution in [0.15, 0.2) is 42.5 Å². The highest BCUT2D eigenvalue weighted by molar-refractivity contribution is 6.05. The molecule has 5 heteroatoms. The maximum absolute atomic E-state index is 12.2. The molecule has 0 atom stereocenters. The van der Waals surface area contributed by atoms with Crippen molar-refractivity contribution in [3.63, 3.8) is 0 Å². The van der Waals surface area contributed by atoms with Crippen LogP contribution in [-0.4, -0.2) is 25.5 Å². The molecular weight excluding hydrogens is 280 g/mol. The summed E-state index contributed by atoms with van der Waals surface area (Å²) < 4.78 is 5.41. The van der Waals surface area contributed by atoms with Gasteiger partial charge in [-0.25, -0.2) is 0 Å². The molecule has 112 valence electrons. The highest BCUT2D eigenvalue weighted by Gasteiger charge is 2.22. The Labute approximate surface area is 128 Å². The summed E-state index contributed by atoms with van der Waals surface area (Å²) in [6, 6.07) is 12.6. The molecule has 0 aliphatic carbocycles. The summed E-state index contributed by atoms with van der Waals surface area (Å²) in [5.41, 5.74) is 2.96. The van der Waals surface area contributed by atoms with E-state index in [0.29, 0.717) is 22.7 Å². The van der Waals surface area contributed by atoms with Gasteiger partial charge in [-0.15, -0.1) is 0 Å². The zero-order valence-electron chi connectivity index (χ0n) is 12.4. The fourth-order valence-electron chi connectivity index (χ4n) is 2.34. The first-order valence-corrected chi connectivity index (χ1v) is 6.96. The second kappa shape index (κ2) is 5.52. The lowest BCUT2D eigenvalue weighted by atomic mass is 10.1. The third kappa shape index (κ3) is 2.65. The molecule has 1 aliphatic heterocycles. The molecule has 2 amide bonds. The Morgan fingerprint density at radius 1 is 1.23 bits per heavy atom. The summed E-state index contributed by atoms with van der Waals surface area (Å²) in [5, 5.41) is 2.84. The van der Waals surface area contributed by atoms with Crippen molar-refractivity contribution in [3.8, 4) is 5.75 Å². The van der Waals surface area contributed by atoms with Crippen molar-refractivity contribution >= 4 is 23.2 Å². The van der Waals surface area contributed by atoms with Crippen LogP contribution in [0.1, 0.15) is 15.9 Å². The maximum atomic E-state index is 12.2. The molecule has 0 spiro atoms. The first-order chi connectivity index (χ1) is 10.5. The standard InChI is InChI=1S/C17H16N2O3/c1-11-4-3-5-12(8-11)17(21)18-13-6-7-14-15(9-13)22-10-16(20)19(14)2/h3-9H,10H2,1-2H3,(H,18,21). The first-order valence-electron chi connectivity index (χ1n) is 6.96. The molecule has 0 bridgehead atoms. The van der Waals surface area contributed by atoms with Crippen molar-refractivity contribution in [3.05, 3.63) is 53.6 Å². The van der Waals surface area contributed by atoms with Gasteiger partial charge in [0.15, 0.2) is 6.61 Å². The van der Waals surface area contributed by atoms with Gasteiger partial charge in [-0.05, 0) is 31.2 Å². The largest absolute Gasteiger partial charge is 0.481 e. The summed E-state index contributed by atoms with van der Waals surface area (Å²) in [6.45, 7) is 1.95. The van der Waals surface area contributed by atoms with E-state index in [4.69, 9.17) is 4.74 Å². The average molecular weight is 296 g/mol. The number of hydrogen-bond acceptors (Lipinski definition) is 3. The third-order valence-electron chi connectivity index (χ3n) is 3.58. The van der Waals surface area contributed by atoms with Crippen LogP contribution in [-0.2, 0) is 4.79 Å². The molecule has 2 aromatic carbocycles. The number of hydrogen-bond donors (Lipinski definition) is 1. The van der Waals surface area contributed by atoms with Gasteiger partial charge < -0.3 is 15.0 Å².